The zero-order valence-corrected chi connectivity index (χ0v) is 17.3. The minimum atomic E-state index is -0.279. The Morgan fingerprint density at radius 2 is 1.55 bits per heavy atom. The zero-order chi connectivity index (χ0) is 21.8. The van der Waals surface area contributed by atoms with E-state index in [1.54, 1.807) is 35.1 Å². The van der Waals surface area contributed by atoms with Gasteiger partial charge in [0.15, 0.2) is 0 Å². The summed E-state index contributed by atoms with van der Waals surface area (Å²) in [5.74, 6) is -0.451. The third-order valence-electron chi connectivity index (χ3n) is 4.71. The number of carbonyl (C=O) groups excluding carboxylic acids is 2. The van der Waals surface area contributed by atoms with Crippen molar-refractivity contribution < 1.29 is 9.59 Å². The van der Waals surface area contributed by atoms with Crippen molar-refractivity contribution in [1.29, 1.82) is 0 Å². The number of nitrogens with zero attached hydrogens (tertiary/aromatic N) is 2. The number of anilines is 2. The molecule has 1 heterocycles. The average Bonchev–Trinajstić information content (AvgIpc) is 3.20. The highest BCUT2D eigenvalue weighted by molar-refractivity contribution is 6.08. The highest BCUT2D eigenvalue weighted by Crippen LogP contribution is 2.26. The lowest BCUT2D eigenvalue weighted by Crippen LogP contribution is -2.13. The fourth-order valence-electron chi connectivity index (χ4n) is 3.34. The molecule has 0 atom stereocenters. The first kappa shape index (κ1) is 20.1. The fourth-order valence-corrected chi connectivity index (χ4v) is 3.34. The van der Waals surface area contributed by atoms with Gasteiger partial charge in [-0.3, -0.25) is 9.59 Å². The molecule has 6 nitrogen and oxygen atoms in total. The number of aryl methyl sites for hydroxylation is 1. The van der Waals surface area contributed by atoms with Crippen molar-refractivity contribution in [3.8, 4) is 16.9 Å². The van der Waals surface area contributed by atoms with Gasteiger partial charge in [-0.15, -0.1) is 0 Å². The van der Waals surface area contributed by atoms with Crippen LogP contribution >= 0.6 is 0 Å². The fraction of sp³-hybridized carbons (Fsp3) is 0.0800. The summed E-state index contributed by atoms with van der Waals surface area (Å²) in [7, 11) is 0. The lowest BCUT2D eigenvalue weighted by molar-refractivity contribution is -0.114. The number of hydrogen-bond acceptors (Lipinski definition) is 3. The van der Waals surface area contributed by atoms with Crippen molar-refractivity contribution in [3.63, 3.8) is 0 Å². The molecule has 2 amide bonds. The van der Waals surface area contributed by atoms with E-state index in [0.29, 0.717) is 22.6 Å². The first-order valence-electron chi connectivity index (χ1n) is 9.91. The van der Waals surface area contributed by atoms with Gasteiger partial charge in [0.2, 0.25) is 5.91 Å². The molecule has 0 aliphatic heterocycles. The molecule has 0 saturated heterocycles. The maximum Gasteiger partial charge on any atom is 0.259 e. The molecule has 0 unspecified atom stereocenters. The van der Waals surface area contributed by atoms with E-state index in [1.807, 2.05) is 61.5 Å². The van der Waals surface area contributed by atoms with Crippen LogP contribution in [0.2, 0.25) is 0 Å². The minimum absolute atomic E-state index is 0.172. The Morgan fingerprint density at radius 1 is 0.839 bits per heavy atom. The quantitative estimate of drug-likeness (QED) is 0.483. The van der Waals surface area contributed by atoms with Crippen LogP contribution in [0.3, 0.4) is 0 Å². The van der Waals surface area contributed by atoms with E-state index in [2.05, 4.69) is 10.6 Å². The van der Waals surface area contributed by atoms with E-state index in [9.17, 15) is 9.59 Å². The van der Waals surface area contributed by atoms with Crippen LogP contribution in [0.15, 0.2) is 85.1 Å². The molecular formula is C25H22N4O2. The molecule has 0 saturated carbocycles. The summed E-state index contributed by atoms with van der Waals surface area (Å²) in [6.45, 7) is 3.45. The van der Waals surface area contributed by atoms with Gasteiger partial charge in [-0.2, -0.15) is 5.10 Å². The Morgan fingerprint density at radius 3 is 2.26 bits per heavy atom. The predicted molar refractivity (Wildman–Crippen MR) is 122 cm³/mol. The van der Waals surface area contributed by atoms with Crippen molar-refractivity contribution in [3.05, 3.63) is 96.2 Å². The SMILES string of the molecule is CC(=O)Nc1cccc(NC(=O)c2cn(-c3ccccc3)nc2-c2cccc(C)c2)c1. The molecular weight excluding hydrogens is 388 g/mol. The summed E-state index contributed by atoms with van der Waals surface area (Å²) < 4.78 is 1.71. The average molecular weight is 410 g/mol. The van der Waals surface area contributed by atoms with E-state index in [4.69, 9.17) is 5.10 Å². The normalized spacial score (nSPS) is 10.5. The van der Waals surface area contributed by atoms with Gasteiger partial charge < -0.3 is 10.6 Å². The second kappa shape index (κ2) is 8.67. The van der Waals surface area contributed by atoms with Gasteiger partial charge in [0.25, 0.3) is 5.91 Å². The number of nitrogens with one attached hydrogen (secondary N) is 2. The van der Waals surface area contributed by atoms with Crippen LogP contribution in [0.25, 0.3) is 16.9 Å². The molecule has 0 bridgehead atoms. The first-order valence-corrected chi connectivity index (χ1v) is 9.91. The molecule has 31 heavy (non-hydrogen) atoms. The Hall–Kier alpha value is -4.19. The van der Waals surface area contributed by atoms with Crippen LogP contribution in [-0.2, 0) is 4.79 Å². The first-order chi connectivity index (χ1) is 15.0. The minimum Gasteiger partial charge on any atom is -0.326 e. The number of amides is 2. The zero-order valence-electron chi connectivity index (χ0n) is 17.3. The molecule has 1 aromatic heterocycles. The number of para-hydroxylation sites is 1. The molecule has 0 radical (unpaired) electrons. The maximum absolute atomic E-state index is 13.2. The molecule has 0 aliphatic rings. The summed E-state index contributed by atoms with van der Waals surface area (Å²) in [5.41, 5.74) is 5.07. The highest BCUT2D eigenvalue weighted by atomic mass is 16.2. The van der Waals surface area contributed by atoms with E-state index in [0.717, 1.165) is 16.8 Å². The Kier molecular flexibility index (Phi) is 5.62. The standard InChI is InChI=1S/C25H22N4O2/c1-17-8-6-9-19(14-17)24-23(16-29(28-24)22-12-4-3-5-13-22)25(31)27-21-11-7-10-20(15-21)26-18(2)30/h3-16H,1-2H3,(H,26,30)(H,27,31). The van der Waals surface area contributed by atoms with Crippen LogP contribution in [-0.4, -0.2) is 21.6 Å². The summed E-state index contributed by atoms with van der Waals surface area (Å²) >= 11 is 0. The largest absolute Gasteiger partial charge is 0.326 e. The smallest absolute Gasteiger partial charge is 0.259 e. The Balaban J connectivity index is 1.72. The number of benzene rings is 3. The van der Waals surface area contributed by atoms with Crippen molar-refractivity contribution in [2.24, 2.45) is 0 Å². The second-order valence-corrected chi connectivity index (χ2v) is 7.26. The van der Waals surface area contributed by atoms with Gasteiger partial charge >= 0.3 is 0 Å². The van der Waals surface area contributed by atoms with Gasteiger partial charge in [0.05, 0.1) is 11.3 Å². The van der Waals surface area contributed by atoms with Gasteiger partial charge in [0, 0.05) is 30.1 Å². The third-order valence-corrected chi connectivity index (χ3v) is 4.71. The molecule has 0 spiro atoms. The lowest BCUT2D eigenvalue weighted by Gasteiger charge is -2.08. The van der Waals surface area contributed by atoms with E-state index in [1.165, 1.54) is 6.92 Å². The predicted octanol–water partition coefficient (Wildman–Crippen LogP) is 5.06. The number of carbonyl (C=O) groups is 2. The van der Waals surface area contributed by atoms with E-state index in [-0.39, 0.29) is 11.8 Å². The Bertz CT molecular complexity index is 1250. The number of hydrogen-bond donors (Lipinski definition) is 2. The van der Waals surface area contributed by atoms with Gasteiger partial charge in [0.1, 0.15) is 5.69 Å². The maximum atomic E-state index is 13.2. The summed E-state index contributed by atoms with van der Waals surface area (Å²) in [4.78, 5) is 24.5. The van der Waals surface area contributed by atoms with Crippen molar-refractivity contribution in [2.75, 3.05) is 10.6 Å². The molecule has 6 heteroatoms. The van der Waals surface area contributed by atoms with Gasteiger partial charge in [-0.25, -0.2) is 4.68 Å². The van der Waals surface area contributed by atoms with Gasteiger partial charge in [-0.1, -0.05) is 48.0 Å². The molecule has 3 aromatic carbocycles. The summed E-state index contributed by atoms with van der Waals surface area (Å²) in [6.07, 6.45) is 1.74. The molecule has 0 aliphatic carbocycles. The van der Waals surface area contributed by atoms with E-state index < -0.39 is 0 Å². The van der Waals surface area contributed by atoms with Crippen LogP contribution in [0.1, 0.15) is 22.8 Å². The summed E-state index contributed by atoms with van der Waals surface area (Å²) in [6, 6.07) is 24.6. The summed E-state index contributed by atoms with van der Waals surface area (Å²) in [5, 5.41) is 10.3. The van der Waals surface area contributed by atoms with Crippen molar-refractivity contribution in [1.82, 2.24) is 9.78 Å². The third kappa shape index (κ3) is 4.70. The van der Waals surface area contributed by atoms with Crippen LogP contribution < -0.4 is 10.6 Å². The van der Waals surface area contributed by atoms with E-state index >= 15 is 0 Å². The van der Waals surface area contributed by atoms with Crippen LogP contribution in [0.4, 0.5) is 11.4 Å². The second-order valence-electron chi connectivity index (χ2n) is 7.26. The van der Waals surface area contributed by atoms with Crippen molar-refractivity contribution >= 4 is 23.2 Å². The Labute approximate surface area is 180 Å². The van der Waals surface area contributed by atoms with Gasteiger partial charge in [-0.05, 0) is 43.3 Å². The van der Waals surface area contributed by atoms with Crippen LogP contribution in [0, 0.1) is 6.92 Å². The molecule has 0 fully saturated rings. The molecule has 154 valence electrons. The lowest BCUT2D eigenvalue weighted by atomic mass is 10.1. The molecule has 2 N–H and O–H groups in total. The molecule has 4 aromatic rings. The monoisotopic (exact) mass is 410 g/mol. The highest BCUT2D eigenvalue weighted by Gasteiger charge is 2.19. The number of rotatable bonds is 5. The van der Waals surface area contributed by atoms with Crippen LogP contribution in [0.5, 0.6) is 0 Å². The number of aromatic nitrogens is 2. The molecule has 4 rings (SSSR count). The van der Waals surface area contributed by atoms with Crippen molar-refractivity contribution in [2.45, 2.75) is 13.8 Å². The topological polar surface area (TPSA) is 76.0 Å².